The summed E-state index contributed by atoms with van der Waals surface area (Å²) in [5.41, 5.74) is 0. The van der Waals surface area contributed by atoms with Crippen molar-refractivity contribution < 1.29 is 4.74 Å². The van der Waals surface area contributed by atoms with Crippen LogP contribution in [-0.4, -0.2) is 49.8 Å². The number of hydrogen-bond acceptors (Lipinski definition) is 3. The molecular formula is C17H32N2O. The molecule has 0 radical (unpaired) electrons. The second-order valence-electron chi connectivity index (χ2n) is 7.26. The van der Waals surface area contributed by atoms with E-state index in [-0.39, 0.29) is 0 Å². The van der Waals surface area contributed by atoms with E-state index in [0.29, 0.717) is 12.2 Å². The third-order valence-electron chi connectivity index (χ3n) is 5.64. The van der Waals surface area contributed by atoms with Crippen molar-refractivity contribution in [1.29, 1.82) is 0 Å². The minimum absolute atomic E-state index is 0.383. The maximum absolute atomic E-state index is 6.03. The molecule has 2 heterocycles. The van der Waals surface area contributed by atoms with Gasteiger partial charge in [-0.3, -0.25) is 0 Å². The zero-order valence-electron chi connectivity index (χ0n) is 13.2. The number of nitrogens with zero attached hydrogens (tertiary/aromatic N) is 1. The monoisotopic (exact) mass is 280 g/mol. The standard InChI is InChI=1S/C17H32N2O/c1-14-11-18-12-17(20-14)13-19-9-7-16(8-10-19)15-5-3-2-4-6-15/h14-18H,2-13H2,1H3/t14-,17+/m1/s1. The number of rotatable bonds is 3. The van der Waals surface area contributed by atoms with E-state index in [1.54, 1.807) is 0 Å². The van der Waals surface area contributed by atoms with E-state index in [1.807, 2.05) is 0 Å². The molecule has 0 aromatic carbocycles. The largest absolute Gasteiger partial charge is 0.371 e. The second-order valence-corrected chi connectivity index (χ2v) is 7.26. The molecule has 0 unspecified atom stereocenters. The Morgan fingerprint density at radius 3 is 2.35 bits per heavy atom. The highest BCUT2D eigenvalue weighted by Gasteiger charge is 2.29. The molecule has 2 atom stereocenters. The number of nitrogens with one attached hydrogen (secondary N) is 1. The van der Waals surface area contributed by atoms with Crippen molar-refractivity contribution in [3.8, 4) is 0 Å². The summed E-state index contributed by atoms with van der Waals surface area (Å²) >= 11 is 0. The van der Waals surface area contributed by atoms with Gasteiger partial charge in [0.25, 0.3) is 0 Å². The van der Waals surface area contributed by atoms with Gasteiger partial charge in [-0.1, -0.05) is 32.1 Å². The first kappa shape index (κ1) is 14.8. The molecule has 0 aromatic heterocycles. The Hall–Kier alpha value is -0.120. The molecule has 0 spiro atoms. The summed E-state index contributed by atoms with van der Waals surface area (Å²) in [5.74, 6) is 2.08. The summed E-state index contributed by atoms with van der Waals surface area (Å²) in [6.45, 7) is 7.96. The van der Waals surface area contributed by atoms with E-state index in [2.05, 4.69) is 17.1 Å². The van der Waals surface area contributed by atoms with Gasteiger partial charge in [-0.25, -0.2) is 0 Å². The van der Waals surface area contributed by atoms with Crippen LogP contribution in [0.1, 0.15) is 51.9 Å². The first-order valence-corrected chi connectivity index (χ1v) is 8.90. The lowest BCUT2D eigenvalue weighted by Gasteiger charge is -2.39. The number of hydrogen-bond donors (Lipinski definition) is 1. The molecule has 3 heteroatoms. The topological polar surface area (TPSA) is 24.5 Å². The molecule has 20 heavy (non-hydrogen) atoms. The summed E-state index contributed by atoms with van der Waals surface area (Å²) < 4.78 is 6.03. The van der Waals surface area contributed by atoms with Gasteiger partial charge in [0.1, 0.15) is 0 Å². The van der Waals surface area contributed by atoms with Crippen molar-refractivity contribution in [2.75, 3.05) is 32.7 Å². The summed E-state index contributed by atoms with van der Waals surface area (Å²) in [7, 11) is 0. The Morgan fingerprint density at radius 2 is 1.65 bits per heavy atom. The second kappa shape index (κ2) is 7.24. The van der Waals surface area contributed by atoms with E-state index < -0.39 is 0 Å². The average molecular weight is 280 g/mol. The lowest BCUT2D eigenvalue weighted by molar-refractivity contribution is -0.0471. The van der Waals surface area contributed by atoms with Gasteiger partial charge in [-0.05, 0) is 44.7 Å². The van der Waals surface area contributed by atoms with Crippen molar-refractivity contribution in [2.24, 2.45) is 11.8 Å². The van der Waals surface area contributed by atoms with Gasteiger partial charge in [-0.15, -0.1) is 0 Å². The Balaban J connectivity index is 1.39. The number of ether oxygens (including phenoxy) is 1. The molecule has 3 rings (SSSR count). The number of piperidine rings is 1. The van der Waals surface area contributed by atoms with E-state index in [9.17, 15) is 0 Å². The van der Waals surface area contributed by atoms with Gasteiger partial charge in [0, 0.05) is 19.6 Å². The molecule has 1 N–H and O–H groups in total. The molecule has 0 bridgehead atoms. The van der Waals surface area contributed by atoms with E-state index in [0.717, 1.165) is 31.5 Å². The Bertz CT molecular complexity index is 283. The molecule has 3 fully saturated rings. The fourth-order valence-corrected chi connectivity index (χ4v) is 4.48. The van der Waals surface area contributed by atoms with Crippen molar-refractivity contribution in [3.05, 3.63) is 0 Å². The third kappa shape index (κ3) is 3.96. The predicted molar refractivity (Wildman–Crippen MR) is 82.9 cm³/mol. The summed E-state index contributed by atoms with van der Waals surface area (Å²) in [4.78, 5) is 2.64. The highest BCUT2D eigenvalue weighted by Crippen LogP contribution is 2.35. The molecule has 116 valence electrons. The Morgan fingerprint density at radius 1 is 0.950 bits per heavy atom. The Labute approximate surface area is 124 Å². The molecule has 2 saturated heterocycles. The lowest BCUT2D eigenvalue weighted by atomic mass is 9.76. The highest BCUT2D eigenvalue weighted by molar-refractivity contribution is 4.82. The van der Waals surface area contributed by atoms with Gasteiger partial charge in [0.15, 0.2) is 0 Å². The van der Waals surface area contributed by atoms with Crippen LogP contribution in [-0.2, 0) is 4.74 Å². The predicted octanol–water partition coefficient (Wildman–Crippen LogP) is 2.66. The highest BCUT2D eigenvalue weighted by atomic mass is 16.5. The van der Waals surface area contributed by atoms with Crippen LogP contribution in [0.3, 0.4) is 0 Å². The van der Waals surface area contributed by atoms with Crippen LogP contribution in [0.15, 0.2) is 0 Å². The van der Waals surface area contributed by atoms with Crippen molar-refractivity contribution in [1.82, 2.24) is 10.2 Å². The quantitative estimate of drug-likeness (QED) is 0.860. The molecular weight excluding hydrogens is 248 g/mol. The van der Waals surface area contributed by atoms with E-state index in [4.69, 9.17) is 4.74 Å². The SMILES string of the molecule is C[C@@H]1CNC[C@@H](CN2CCC(C3CCCCC3)CC2)O1. The molecule has 1 aliphatic carbocycles. The number of likely N-dealkylation sites (tertiary alicyclic amines) is 1. The smallest absolute Gasteiger partial charge is 0.0830 e. The first-order valence-electron chi connectivity index (χ1n) is 8.90. The first-order chi connectivity index (χ1) is 9.81. The fourth-order valence-electron chi connectivity index (χ4n) is 4.48. The molecule has 1 saturated carbocycles. The van der Waals surface area contributed by atoms with Gasteiger partial charge < -0.3 is 15.0 Å². The lowest BCUT2D eigenvalue weighted by Crippen LogP contribution is -2.50. The van der Waals surface area contributed by atoms with E-state index in [1.165, 1.54) is 58.0 Å². The van der Waals surface area contributed by atoms with Gasteiger partial charge in [0.05, 0.1) is 12.2 Å². The van der Waals surface area contributed by atoms with Gasteiger partial charge in [0.2, 0.25) is 0 Å². The van der Waals surface area contributed by atoms with Crippen molar-refractivity contribution in [2.45, 2.75) is 64.1 Å². The molecule has 2 aliphatic heterocycles. The molecule has 0 amide bonds. The average Bonchev–Trinajstić information content (AvgIpc) is 2.49. The number of morpholine rings is 1. The maximum atomic E-state index is 6.03. The zero-order chi connectivity index (χ0) is 13.8. The van der Waals surface area contributed by atoms with Crippen molar-refractivity contribution in [3.63, 3.8) is 0 Å². The van der Waals surface area contributed by atoms with Crippen LogP contribution >= 0.6 is 0 Å². The molecule has 0 aromatic rings. The summed E-state index contributed by atoms with van der Waals surface area (Å²) in [5, 5.41) is 3.48. The van der Waals surface area contributed by atoms with Crippen LogP contribution in [0.2, 0.25) is 0 Å². The summed E-state index contributed by atoms with van der Waals surface area (Å²) in [6, 6.07) is 0. The summed E-state index contributed by atoms with van der Waals surface area (Å²) in [6.07, 6.45) is 11.1. The fraction of sp³-hybridized carbons (Fsp3) is 1.00. The maximum Gasteiger partial charge on any atom is 0.0830 e. The van der Waals surface area contributed by atoms with Crippen LogP contribution < -0.4 is 5.32 Å². The zero-order valence-corrected chi connectivity index (χ0v) is 13.2. The normalized spacial score (nSPS) is 35.2. The van der Waals surface area contributed by atoms with Gasteiger partial charge >= 0.3 is 0 Å². The minimum atomic E-state index is 0.383. The molecule has 3 aliphatic rings. The third-order valence-corrected chi connectivity index (χ3v) is 5.64. The van der Waals surface area contributed by atoms with Crippen LogP contribution in [0, 0.1) is 11.8 Å². The van der Waals surface area contributed by atoms with Crippen LogP contribution in [0.5, 0.6) is 0 Å². The minimum Gasteiger partial charge on any atom is -0.371 e. The van der Waals surface area contributed by atoms with Gasteiger partial charge in [-0.2, -0.15) is 0 Å². The van der Waals surface area contributed by atoms with Crippen LogP contribution in [0.25, 0.3) is 0 Å². The Kier molecular flexibility index (Phi) is 5.36. The van der Waals surface area contributed by atoms with Crippen molar-refractivity contribution >= 4 is 0 Å². The molecule has 3 nitrogen and oxygen atoms in total. The van der Waals surface area contributed by atoms with E-state index >= 15 is 0 Å². The van der Waals surface area contributed by atoms with Crippen LogP contribution in [0.4, 0.5) is 0 Å².